The highest BCUT2D eigenvalue weighted by molar-refractivity contribution is 7.90. The standard InChI is InChI=1S/C17H28N4O2S/c22-24(23,17-6-7-17)19-10-16-13-20(11-14-4-2-1-3-5-14)12-15-8-9-18-21(15)16/h8-9,14,16-17,19H,1-7,10-13H2. The third-order valence-corrected chi connectivity index (χ3v) is 7.60. The number of rotatable bonds is 6. The minimum atomic E-state index is -3.13. The quantitative estimate of drug-likeness (QED) is 0.849. The van der Waals surface area contributed by atoms with E-state index < -0.39 is 10.0 Å². The van der Waals surface area contributed by atoms with Crippen molar-refractivity contribution in [3.63, 3.8) is 0 Å². The summed E-state index contributed by atoms with van der Waals surface area (Å²) in [5.41, 5.74) is 1.20. The lowest BCUT2D eigenvalue weighted by Crippen LogP contribution is -2.45. The molecule has 3 aliphatic rings. The number of nitrogens with one attached hydrogen (secondary N) is 1. The van der Waals surface area contributed by atoms with Gasteiger partial charge in [0.05, 0.1) is 17.0 Å². The molecule has 6 nitrogen and oxygen atoms in total. The van der Waals surface area contributed by atoms with Gasteiger partial charge in [-0.3, -0.25) is 9.58 Å². The summed E-state index contributed by atoms with van der Waals surface area (Å²) < 4.78 is 29.1. The van der Waals surface area contributed by atoms with Gasteiger partial charge in [0, 0.05) is 32.4 Å². The average molecular weight is 353 g/mol. The van der Waals surface area contributed by atoms with Crippen molar-refractivity contribution in [1.82, 2.24) is 19.4 Å². The molecule has 1 N–H and O–H groups in total. The summed E-state index contributed by atoms with van der Waals surface area (Å²) >= 11 is 0. The van der Waals surface area contributed by atoms with Gasteiger partial charge in [0.2, 0.25) is 10.0 Å². The van der Waals surface area contributed by atoms with Crippen molar-refractivity contribution in [2.75, 3.05) is 19.6 Å². The molecule has 1 aromatic heterocycles. The number of hydrogen-bond acceptors (Lipinski definition) is 4. The van der Waals surface area contributed by atoms with E-state index in [4.69, 9.17) is 0 Å². The van der Waals surface area contributed by atoms with Crippen LogP contribution in [0.1, 0.15) is 56.7 Å². The summed E-state index contributed by atoms with van der Waals surface area (Å²) in [6, 6.07) is 2.16. The van der Waals surface area contributed by atoms with Crippen molar-refractivity contribution in [2.45, 2.75) is 62.8 Å². The van der Waals surface area contributed by atoms with E-state index in [2.05, 4.69) is 20.8 Å². The molecule has 2 saturated carbocycles. The van der Waals surface area contributed by atoms with Gasteiger partial charge in [0.25, 0.3) is 0 Å². The first kappa shape index (κ1) is 16.5. The third kappa shape index (κ3) is 3.68. The highest BCUT2D eigenvalue weighted by Gasteiger charge is 2.36. The van der Waals surface area contributed by atoms with Gasteiger partial charge >= 0.3 is 0 Å². The Kier molecular flexibility index (Phi) is 4.66. The summed E-state index contributed by atoms with van der Waals surface area (Å²) in [5.74, 6) is 0.803. The maximum atomic E-state index is 12.1. The fourth-order valence-electron chi connectivity index (χ4n) is 4.20. The molecule has 134 valence electrons. The van der Waals surface area contributed by atoms with Gasteiger partial charge in [-0.05, 0) is 37.7 Å². The normalized spacial score (nSPS) is 26.4. The Morgan fingerprint density at radius 3 is 2.71 bits per heavy atom. The molecule has 24 heavy (non-hydrogen) atoms. The van der Waals surface area contributed by atoms with Gasteiger partial charge in [-0.2, -0.15) is 5.10 Å². The fourth-order valence-corrected chi connectivity index (χ4v) is 5.62. The Hall–Kier alpha value is -0.920. The van der Waals surface area contributed by atoms with Crippen LogP contribution in [-0.4, -0.2) is 48.0 Å². The molecular weight excluding hydrogens is 324 g/mol. The molecular formula is C17H28N4O2S. The smallest absolute Gasteiger partial charge is 0.214 e. The van der Waals surface area contributed by atoms with E-state index in [-0.39, 0.29) is 11.3 Å². The predicted molar refractivity (Wildman–Crippen MR) is 93.1 cm³/mol. The summed E-state index contributed by atoms with van der Waals surface area (Å²) in [7, 11) is -3.13. The minimum absolute atomic E-state index is 0.0980. The minimum Gasteiger partial charge on any atom is -0.295 e. The summed E-state index contributed by atoms with van der Waals surface area (Å²) in [4.78, 5) is 2.50. The van der Waals surface area contributed by atoms with Gasteiger partial charge in [-0.25, -0.2) is 13.1 Å². The van der Waals surface area contributed by atoms with Crippen LogP contribution in [0.2, 0.25) is 0 Å². The molecule has 1 unspecified atom stereocenters. The zero-order valence-corrected chi connectivity index (χ0v) is 15.0. The third-order valence-electron chi connectivity index (χ3n) is 5.68. The summed E-state index contributed by atoms with van der Waals surface area (Å²) in [5, 5.41) is 4.28. The van der Waals surface area contributed by atoms with Crippen molar-refractivity contribution in [3.8, 4) is 0 Å². The Labute approximate surface area is 144 Å². The molecule has 2 aliphatic carbocycles. The molecule has 4 rings (SSSR count). The van der Waals surface area contributed by atoms with Crippen molar-refractivity contribution >= 4 is 10.0 Å². The largest absolute Gasteiger partial charge is 0.295 e. The first-order chi connectivity index (χ1) is 11.6. The number of sulfonamides is 1. The summed E-state index contributed by atoms with van der Waals surface area (Å²) in [6.45, 7) is 3.41. The van der Waals surface area contributed by atoms with E-state index in [1.807, 2.05) is 10.9 Å². The number of hydrogen-bond donors (Lipinski definition) is 1. The van der Waals surface area contributed by atoms with E-state index in [1.54, 1.807) is 0 Å². The monoisotopic (exact) mass is 352 g/mol. The van der Waals surface area contributed by atoms with E-state index in [9.17, 15) is 8.42 Å². The molecule has 1 aliphatic heterocycles. The van der Waals surface area contributed by atoms with E-state index in [0.717, 1.165) is 38.4 Å². The van der Waals surface area contributed by atoms with Crippen LogP contribution in [-0.2, 0) is 16.6 Å². The molecule has 2 fully saturated rings. The van der Waals surface area contributed by atoms with Crippen molar-refractivity contribution in [1.29, 1.82) is 0 Å². The Bertz CT molecular complexity index is 662. The number of fused-ring (bicyclic) bond motifs is 1. The topological polar surface area (TPSA) is 67.2 Å². The zero-order valence-electron chi connectivity index (χ0n) is 14.2. The van der Waals surface area contributed by atoms with E-state index >= 15 is 0 Å². The molecule has 0 spiro atoms. The number of aromatic nitrogens is 2. The summed E-state index contributed by atoms with van der Waals surface area (Å²) in [6.07, 6.45) is 10.2. The van der Waals surface area contributed by atoms with Gasteiger partial charge in [-0.15, -0.1) is 0 Å². The maximum Gasteiger partial charge on any atom is 0.214 e. The lowest BCUT2D eigenvalue weighted by molar-refractivity contribution is 0.138. The van der Waals surface area contributed by atoms with Crippen LogP contribution in [0.4, 0.5) is 0 Å². The Balaban J connectivity index is 1.41. The Morgan fingerprint density at radius 1 is 1.17 bits per heavy atom. The van der Waals surface area contributed by atoms with E-state index in [0.29, 0.717) is 6.54 Å². The molecule has 7 heteroatoms. The maximum absolute atomic E-state index is 12.1. The van der Waals surface area contributed by atoms with Gasteiger partial charge in [0.1, 0.15) is 0 Å². The molecule has 1 atom stereocenters. The highest BCUT2D eigenvalue weighted by Crippen LogP contribution is 2.29. The molecule has 0 bridgehead atoms. The molecule has 1 aromatic rings. The second-order valence-corrected chi connectivity index (χ2v) is 9.76. The number of nitrogens with zero attached hydrogens (tertiary/aromatic N) is 3. The molecule has 2 heterocycles. The van der Waals surface area contributed by atoms with Crippen LogP contribution in [0, 0.1) is 5.92 Å². The van der Waals surface area contributed by atoms with Crippen LogP contribution in [0.5, 0.6) is 0 Å². The SMILES string of the molecule is O=S(=O)(NCC1CN(CC2CCCCC2)Cc2ccnn21)C1CC1. The molecule has 0 saturated heterocycles. The first-order valence-electron chi connectivity index (χ1n) is 9.35. The first-order valence-corrected chi connectivity index (χ1v) is 10.9. The van der Waals surface area contributed by atoms with Crippen molar-refractivity contribution in [3.05, 3.63) is 18.0 Å². The van der Waals surface area contributed by atoms with Crippen molar-refractivity contribution < 1.29 is 8.42 Å². The lowest BCUT2D eigenvalue weighted by Gasteiger charge is -2.36. The van der Waals surface area contributed by atoms with Gasteiger partial charge < -0.3 is 0 Å². The second-order valence-electron chi connectivity index (χ2n) is 7.71. The zero-order chi connectivity index (χ0) is 16.6. The highest BCUT2D eigenvalue weighted by atomic mass is 32.2. The van der Waals surface area contributed by atoms with Crippen LogP contribution >= 0.6 is 0 Å². The van der Waals surface area contributed by atoms with Gasteiger partial charge in [-0.1, -0.05) is 19.3 Å². The van der Waals surface area contributed by atoms with Crippen LogP contribution in [0.15, 0.2) is 12.3 Å². The lowest BCUT2D eigenvalue weighted by atomic mass is 9.88. The second kappa shape index (κ2) is 6.77. The predicted octanol–water partition coefficient (Wildman–Crippen LogP) is 1.90. The fraction of sp³-hybridized carbons (Fsp3) is 0.824. The van der Waals surface area contributed by atoms with Crippen molar-refractivity contribution in [2.24, 2.45) is 5.92 Å². The average Bonchev–Trinajstić information content (AvgIpc) is 3.34. The molecule has 0 amide bonds. The van der Waals surface area contributed by atoms with Crippen LogP contribution in [0.25, 0.3) is 0 Å². The van der Waals surface area contributed by atoms with Crippen LogP contribution in [0.3, 0.4) is 0 Å². The molecule has 0 aromatic carbocycles. The van der Waals surface area contributed by atoms with Crippen LogP contribution < -0.4 is 4.72 Å². The molecule has 0 radical (unpaired) electrons. The van der Waals surface area contributed by atoms with E-state index in [1.165, 1.54) is 37.8 Å². The Morgan fingerprint density at radius 2 is 1.96 bits per heavy atom. The van der Waals surface area contributed by atoms with Gasteiger partial charge in [0.15, 0.2) is 0 Å².